The molecule has 2 atom stereocenters. The van der Waals surface area contributed by atoms with Crippen molar-refractivity contribution in [3.63, 3.8) is 0 Å². The molecule has 0 radical (unpaired) electrons. The number of hydrogen-bond acceptors (Lipinski definition) is 4. The number of halogens is 1. The molecule has 0 aliphatic heterocycles. The second kappa shape index (κ2) is 11.8. The van der Waals surface area contributed by atoms with E-state index in [4.69, 9.17) is 22.8 Å². The average molecular weight is 498 g/mol. The van der Waals surface area contributed by atoms with Crippen LogP contribution in [0.2, 0.25) is 5.02 Å². The van der Waals surface area contributed by atoms with Crippen LogP contribution in [0.3, 0.4) is 0 Å². The molecule has 2 rings (SSSR count). The highest BCUT2D eigenvalue weighted by atomic mass is 35.5. The Morgan fingerprint density at radius 3 is 2.29 bits per heavy atom. The Labute approximate surface area is 212 Å². The van der Waals surface area contributed by atoms with Gasteiger partial charge < -0.3 is 20.3 Å². The summed E-state index contributed by atoms with van der Waals surface area (Å²) in [5.74, 6) is 1.64. The van der Waals surface area contributed by atoms with Gasteiger partial charge in [0.15, 0.2) is 0 Å². The van der Waals surface area contributed by atoms with Crippen molar-refractivity contribution in [3.8, 4) is 12.3 Å². The lowest BCUT2D eigenvalue weighted by Gasteiger charge is -2.33. The molecule has 7 nitrogen and oxygen atoms in total. The molecule has 0 aliphatic carbocycles. The van der Waals surface area contributed by atoms with Crippen LogP contribution in [0, 0.1) is 19.3 Å². The third-order valence-electron chi connectivity index (χ3n) is 5.15. The predicted molar refractivity (Wildman–Crippen MR) is 138 cm³/mol. The number of hydrogen-bond donors (Lipinski definition) is 2. The Morgan fingerprint density at radius 2 is 1.77 bits per heavy atom. The summed E-state index contributed by atoms with van der Waals surface area (Å²) in [6.45, 7) is 10.5. The maximum Gasteiger partial charge on any atom is 0.408 e. The van der Waals surface area contributed by atoms with E-state index >= 15 is 0 Å². The highest BCUT2D eigenvalue weighted by Crippen LogP contribution is 2.29. The number of amides is 3. The first kappa shape index (κ1) is 27.7. The molecule has 2 aromatic carbocycles. The van der Waals surface area contributed by atoms with Crippen LogP contribution in [0.25, 0.3) is 0 Å². The third kappa shape index (κ3) is 7.49. The van der Waals surface area contributed by atoms with E-state index in [1.54, 1.807) is 71.0 Å². The topological polar surface area (TPSA) is 87.7 Å². The van der Waals surface area contributed by atoms with Crippen LogP contribution in [-0.4, -0.2) is 41.0 Å². The van der Waals surface area contributed by atoms with Crippen LogP contribution >= 0.6 is 11.6 Å². The minimum atomic E-state index is -1.00. The highest BCUT2D eigenvalue weighted by Gasteiger charge is 2.34. The zero-order valence-electron chi connectivity index (χ0n) is 20.9. The summed E-state index contributed by atoms with van der Waals surface area (Å²) in [4.78, 5) is 40.6. The summed E-state index contributed by atoms with van der Waals surface area (Å²) in [6.07, 6.45) is 4.75. The molecule has 0 fully saturated rings. The second-order valence-corrected chi connectivity index (χ2v) is 9.49. The number of ether oxygens (including phenoxy) is 1. The number of anilines is 1. The molecule has 35 heavy (non-hydrogen) atoms. The SMILES string of the molecule is C#Cc1ccc(C(C(=O)Nc2c(C)cccc2Cl)N(CC)C(=O)C(C)NC(=O)OC(C)(C)C)cc1. The summed E-state index contributed by atoms with van der Waals surface area (Å²) in [7, 11) is 0. The van der Waals surface area contributed by atoms with Crippen molar-refractivity contribution in [2.45, 2.75) is 59.2 Å². The second-order valence-electron chi connectivity index (χ2n) is 9.08. The first-order chi connectivity index (χ1) is 16.4. The Bertz CT molecular complexity index is 1100. The molecule has 0 spiro atoms. The molecule has 2 aromatic rings. The van der Waals surface area contributed by atoms with E-state index in [0.29, 0.717) is 21.8 Å². The van der Waals surface area contributed by atoms with Gasteiger partial charge in [-0.1, -0.05) is 41.8 Å². The molecule has 8 heteroatoms. The number of likely N-dealkylation sites (N-methyl/N-ethyl adjacent to an activating group) is 1. The van der Waals surface area contributed by atoms with Gasteiger partial charge in [0.25, 0.3) is 5.91 Å². The smallest absolute Gasteiger partial charge is 0.408 e. The van der Waals surface area contributed by atoms with E-state index in [9.17, 15) is 14.4 Å². The van der Waals surface area contributed by atoms with Crippen molar-refractivity contribution >= 4 is 35.2 Å². The van der Waals surface area contributed by atoms with E-state index < -0.39 is 35.6 Å². The Kier molecular flexibility index (Phi) is 9.32. The molecule has 0 heterocycles. The fourth-order valence-corrected chi connectivity index (χ4v) is 3.75. The highest BCUT2D eigenvalue weighted by molar-refractivity contribution is 6.34. The van der Waals surface area contributed by atoms with E-state index in [-0.39, 0.29) is 6.54 Å². The lowest BCUT2D eigenvalue weighted by Crippen LogP contribution is -2.51. The van der Waals surface area contributed by atoms with Crippen LogP contribution < -0.4 is 10.6 Å². The van der Waals surface area contributed by atoms with Crippen molar-refractivity contribution in [1.29, 1.82) is 0 Å². The lowest BCUT2D eigenvalue weighted by molar-refractivity contribution is -0.140. The van der Waals surface area contributed by atoms with Crippen molar-refractivity contribution < 1.29 is 19.1 Å². The Hall–Kier alpha value is -3.50. The number of para-hydroxylation sites is 1. The van der Waals surface area contributed by atoms with Crippen molar-refractivity contribution in [3.05, 3.63) is 64.2 Å². The van der Waals surface area contributed by atoms with E-state index in [1.165, 1.54) is 4.90 Å². The van der Waals surface area contributed by atoms with Gasteiger partial charge in [0.2, 0.25) is 5.91 Å². The third-order valence-corrected chi connectivity index (χ3v) is 5.47. The van der Waals surface area contributed by atoms with Crippen LogP contribution in [0.4, 0.5) is 10.5 Å². The van der Waals surface area contributed by atoms with Gasteiger partial charge in [0, 0.05) is 12.1 Å². The maximum absolute atomic E-state index is 13.6. The fourth-order valence-electron chi connectivity index (χ4n) is 3.48. The zero-order valence-corrected chi connectivity index (χ0v) is 21.7. The molecule has 0 aromatic heterocycles. The van der Waals surface area contributed by atoms with Crippen LogP contribution in [-0.2, 0) is 14.3 Å². The van der Waals surface area contributed by atoms with Crippen LogP contribution in [0.5, 0.6) is 0 Å². The molecule has 3 amide bonds. The molecule has 0 saturated heterocycles. The standard InChI is InChI=1S/C27H32ClN3O4/c1-8-19-13-15-20(16-14-19)23(24(32)30-22-17(3)11-10-12-21(22)28)31(9-2)25(33)18(4)29-26(34)35-27(5,6)7/h1,10-16,18,23H,9H2,2-7H3,(H,29,34)(H,30,32). The van der Waals surface area contributed by atoms with Gasteiger partial charge >= 0.3 is 6.09 Å². The normalized spacial score (nSPS) is 12.6. The first-order valence-corrected chi connectivity index (χ1v) is 11.7. The molecule has 0 saturated carbocycles. The summed E-state index contributed by atoms with van der Waals surface area (Å²) in [5.41, 5.74) is 1.73. The van der Waals surface area contributed by atoms with E-state index in [1.807, 2.05) is 13.0 Å². The van der Waals surface area contributed by atoms with Gasteiger partial charge in [0.1, 0.15) is 17.7 Å². The summed E-state index contributed by atoms with van der Waals surface area (Å²) >= 11 is 6.32. The Balaban J connectivity index is 2.41. The van der Waals surface area contributed by atoms with Gasteiger partial charge in [-0.15, -0.1) is 6.42 Å². The van der Waals surface area contributed by atoms with Gasteiger partial charge in [-0.3, -0.25) is 9.59 Å². The number of aryl methyl sites for hydroxylation is 1. The van der Waals surface area contributed by atoms with Crippen molar-refractivity contribution in [2.75, 3.05) is 11.9 Å². The molecule has 0 bridgehead atoms. The molecule has 2 unspecified atom stereocenters. The van der Waals surface area contributed by atoms with E-state index in [2.05, 4.69) is 16.6 Å². The first-order valence-electron chi connectivity index (χ1n) is 11.3. The zero-order chi connectivity index (χ0) is 26.3. The lowest BCUT2D eigenvalue weighted by atomic mass is 10.0. The molecular formula is C27H32ClN3O4. The van der Waals surface area contributed by atoms with Gasteiger partial charge in [0.05, 0.1) is 10.7 Å². The maximum atomic E-state index is 13.6. The average Bonchev–Trinajstić information content (AvgIpc) is 2.78. The van der Waals surface area contributed by atoms with Gasteiger partial charge in [-0.2, -0.15) is 0 Å². The summed E-state index contributed by atoms with van der Waals surface area (Å²) < 4.78 is 5.26. The minimum absolute atomic E-state index is 0.204. The van der Waals surface area contributed by atoms with Crippen molar-refractivity contribution in [1.82, 2.24) is 10.2 Å². The van der Waals surface area contributed by atoms with E-state index in [0.717, 1.165) is 5.56 Å². The minimum Gasteiger partial charge on any atom is -0.444 e. The predicted octanol–water partition coefficient (Wildman–Crippen LogP) is 5.07. The number of terminal acetylenes is 1. The monoisotopic (exact) mass is 497 g/mol. The number of benzene rings is 2. The molecular weight excluding hydrogens is 466 g/mol. The number of carbonyl (C=O) groups is 3. The van der Waals surface area contributed by atoms with Crippen LogP contribution in [0.15, 0.2) is 42.5 Å². The number of alkyl carbamates (subject to hydrolysis) is 1. The van der Waals surface area contributed by atoms with Gasteiger partial charge in [-0.25, -0.2) is 4.79 Å². The molecule has 2 N–H and O–H groups in total. The number of carbonyl (C=O) groups excluding carboxylic acids is 3. The quantitative estimate of drug-likeness (QED) is 0.523. The number of rotatable bonds is 7. The molecule has 186 valence electrons. The molecule has 0 aliphatic rings. The number of nitrogens with zero attached hydrogens (tertiary/aromatic N) is 1. The Morgan fingerprint density at radius 1 is 1.14 bits per heavy atom. The number of nitrogens with one attached hydrogen (secondary N) is 2. The largest absolute Gasteiger partial charge is 0.444 e. The fraction of sp³-hybridized carbons (Fsp3) is 0.370. The van der Waals surface area contributed by atoms with Gasteiger partial charge in [-0.05, 0) is 70.9 Å². The van der Waals surface area contributed by atoms with Crippen LogP contribution in [0.1, 0.15) is 57.4 Å². The van der Waals surface area contributed by atoms with Crippen molar-refractivity contribution in [2.24, 2.45) is 0 Å². The summed E-state index contributed by atoms with van der Waals surface area (Å²) in [5, 5.41) is 5.80. The summed E-state index contributed by atoms with van der Waals surface area (Å²) in [6, 6.07) is 10.2.